The molecule has 2 aliphatic heterocycles. The van der Waals surface area contributed by atoms with E-state index in [0.717, 1.165) is 11.8 Å². The number of ether oxygens (including phenoxy) is 1. The van der Waals surface area contributed by atoms with Gasteiger partial charge in [0.05, 0.1) is 47.9 Å². The predicted molar refractivity (Wildman–Crippen MR) is 108 cm³/mol. The highest BCUT2D eigenvalue weighted by molar-refractivity contribution is 6.07. The van der Waals surface area contributed by atoms with E-state index in [1.165, 1.54) is 4.90 Å². The molecule has 158 valence electrons. The SMILES string of the molecule is Cc1cc2[nH]c(=O)c3cnn([C@H]4CCOC4)c3c2cc1C(=O)N1CC[C@H](O)[C@H](F)C1. The van der Waals surface area contributed by atoms with E-state index < -0.39 is 12.3 Å². The number of likely N-dealkylation sites (tertiary alicyclic amines) is 1. The van der Waals surface area contributed by atoms with Crippen molar-refractivity contribution in [3.05, 3.63) is 39.8 Å². The minimum Gasteiger partial charge on any atom is -0.390 e. The van der Waals surface area contributed by atoms with Crippen molar-refractivity contribution in [3.63, 3.8) is 0 Å². The average molecular weight is 414 g/mol. The zero-order valence-corrected chi connectivity index (χ0v) is 16.6. The van der Waals surface area contributed by atoms with Crippen molar-refractivity contribution in [3.8, 4) is 0 Å². The molecule has 2 N–H and O–H groups in total. The number of halogens is 1. The Morgan fingerprint density at radius 3 is 2.90 bits per heavy atom. The van der Waals surface area contributed by atoms with Gasteiger partial charge < -0.3 is 19.7 Å². The van der Waals surface area contributed by atoms with E-state index in [1.54, 1.807) is 25.3 Å². The van der Waals surface area contributed by atoms with Crippen LogP contribution in [0.15, 0.2) is 23.1 Å². The quantitative estimate of drug-likeness (QED) is 0.665. The Kier molecular flexibility index (Phi) is 4.59. The van der Waals surface area contributed by atoms with E-state index in [2.05, 4.69) is 10.1 Å². The topological polar surface area (TPSA) is 100 Å². The predicted octanol–water partition coefficient (Wildman–Crippen LogP) is 1.69. The lowest BCUT2D eigenvalue weighted by Crippen LogP contribution is -2.47. The summed E-state index contributed by atoms with van der Waals surface area (Å²) < 4.78 is 21.3. The Bertz CT molecular complexity index is 1200. The zero-order chi connectivity index (χ0) is 21.0. The number of hydrogen-bond donors (Lipinski definition) is 2. The Hall–Kier alpha value is -2.78. The van der Waals surface area contributed by atoms with E-state index >= 15 is 0 Å². The van der Waals surface area contributed by atoms with Crippen LogP contribution in [0.3, 0.4) is 0 Å². The van der Waals surface area contributed by atoms with Gasteiger partial charge in [0.25, 0.3) is 11.5 Å². The summed E-state index contributed by atoms with van der Waals surface area (Å²) in [4.78, 5) is 30.1. The maximum Gasteiger partial charge on any atom is 0.259 e. The van der Waals surface area contributed by atoms with Crippen LogP contribution >= 0.6 is 0 Å². The fourth-order valence-corrected chi connectivity index (χ4v) is 4.46. The third kappa shape index (κ3) is 3.00. The molecule has 2 fully saturated rings. The van der Waals surface area contributed by atoms with E-state index in [0.29, 0.717) is 47.3 Å². The van der Waals surface area contributed by atoms with Crippen molar-refractivity contribution in [2.75, 3.05) is 26.3 Å². The van der Waals surface area contributed by atoms with Crippen LogP contribution in [0.4, 0.5) is 4.39 Å². The van der Waals surface area contributed by atoms with Crippen LogP contribution < -0.4 is 5.56 Å². The molecule has 3 atom stereocenters. The molecule has 0 spiro atoms. The maximum atomic E-state index is 14.0. The van der Waals surface area contributed by atoms with Crippen LogP contribution in [0.2, 0.25) is 0 Å². The highest BCUT2D eigenvalue weighted by Gasteiger charge is 2.31. The molecule has 30 heavy (non-hydrogen) atoms. The first-order chi connectivity index (χ1) is 14.4. The molecular weight excluding hydrogens is 391 g/mol. The molecule has 0 radical (unpaired) electrons. The number of rotatable bonds is 2. The molecule has 3 aromatic rings. The molecule has 1 amide bonds. The molecule has 4 heterocycles. The van der Waals surface area contributed by atoms with Crippen molar-refractivity contribution in [1.82, 2.24) is 19.7 Å². The number of aryl methyl sites for hydroxylation is 1. The van der Waals surface area contributed by atoms with Crippen LogP contribution in [-0.2, 0) is 4.74 Å². The molecule has 0 unspecified atom stereocenters. The Labute approximate surface area is 171 Å². The number of piperidine rings is 1. The lowest BCUT2D eigenvalue weighted by Gasteiger charge is -2.32. The second kappa shape index (κ2) is 7.17. The minimum atomic E-state index is -1.45. The molecule has 8 nitrogen and oxygen atoms in total. The summed E-state index contributed by atoms with van der Waals surface area (Å²) in [5.74, 6) is -0.279. The van der Waals surface area contributed by atoms with Gasteiger partial charge in [0, 0.05) is 24.1 Å². The van der Waals surface area contributed by atoms with Crippen LogP contribution in [0.25, 0.3) is 21.8 Å². The summed E-state index contributed by atoms with van der Waals surface area (Å²) in [5.41, 5.74) is 2.22. The van der Waals surface area contributed by atoms with Gasteiger partial charge in [-0.15, -0.1) is 0 Å². The first kappa shape index (κ1) is 19.2. The summed E-state index contributed by atoms with van der Waals surface area (Å²) in [6.45, 7) is 3.13. The molecule has 0 saturated carbocycles. The van der Waals surface area contributed by atoms with Crippen molar-refractivity contribution in [2.24, 2.45) is 0 Å². The summed E-state index contributed by atoms with van der Waals surface area (Å²) in [6.07, 6.45) is 0.0877. The molecule has 0 bridgehead atoms. The van der Waals surface area contributed by atoms with Gasteiger partial charge in [-0.25, -0.2) is 4.39 Å². The fourth-order valence-electron chi connectivity index (χ4n) is 4.46. The number of nitrogens with one attached hydrogen (secondary N) is 1. The summed E-state index contributed by atoms with van der Waals surface area (Å²) >= 11 is 0. The van der Waals surface area contributed by atoms with Gasteiger partial charge in [0.1, 0.15) is 6.17 Å². The second-order valence-electron chi connectivity index (χ2n) is 8.16. The number of aliphatic hydroxyl groups excluding tert-OH is 1. The van der Waals surface area contributed by atoms with Gasteiger partial charge in [0.2, 0.25) is 0 Å². The maximum absolute atomic E-state index is 14.0. The monoisotopic (exact) mass is 414 g/mol. The molecule has 2 saturated heterocycles. The number of aromatic nitrogens is 3. The normalized spacial score (nSPS) is 24.8. The number of H-pyrrole nitrogens is 1. The number of pyridine rings is 1. The van der Waals surface area contributed by atoms with Gasteiger partial charge in [-0.05, 0) is 37.5 Å². The number of carbonyl (C=O) groups is 1. The molecule has 2 aliphatic rings. The molecular formula is C21H23FN4O4. The summed E-state index contributed by atoms with van der Waals surface area (Å²) in [6, 6.07) is 3.57. The van der Waals surface area contributed by atoms with E-state index in [9.17, 15) is 19.1 Å². The number of aromatic amines is 1. The van der Waals surface area contributed by atoms with Crippen LogP contribution in [-0.4, -0.2) is 69.3 Å². The van der Waals surface area contributed by atoms with Crippen LogP contribution in [0.5, 0.6) is 0 Å². The number of carbonyl (C=O) groups excluding carboxylic acids is 1. The lowest BCUT2D eigenvalue weighted by molar-refractivity contribution is 0.00824. The lowest BCUT2D eigenvalue weighted by atomic mass is 10.00. The van der Waals surface area contributed by atoms with Crippen molar-refractivity contribution < 1.29 is 19.0 Å². The Morgan fingerprint density at radius 1 is 1.33 bits per heavy atom. The number of aliphatic hydroxyl groups is 1. The first-order valence-electron chi connectivity index (χ1n) is 10.2. The van der Waals surface area contributed by atoms with Gasteiger partial charge in [-0.1, -0.05) is 0 Å². The first-order valence-corrected chi connectivity index (χ1v) is 10.2. The summed E-state index contributed by atoms with van der Waals surface area (Å²) in [5, 5.41) is 15.2. The number of hydrogen-bond acceptors (Lipinski definition) is 5. The zero-order valence-electron chi connectivity index (χ0n) is 16.6. The third-order valence-electron chi connectivity index (χ3n) is 6.18. The number of benzene rings is 1. The van der Waals surface area contributed by atoms with E-state index in [4.69, 9.17) is 4.74 Å². The van der Waals surface area contributed by atoms with Gasteiger partial charge in [-0.3, -0.25) is 14.3 Å². The highest BCUT2D eigenvalue weighted by atomic mass is 19.1. The standard InChI is InChI=1S/C21H23FN4O4/c1-11-6-17-14(7-13(11)21(29)25-4-2-18(27)16(22)9-25)19-15(20(28)24-17)8-23-26(19)12-3-5-30-10-12/h6-8,12,16,18,27H,2-5,9-10H2,1H3,(H,24,28)/t12-,16+,18-/m0/s1. The largest absolute Gasteiger partial charge is 0.390 e. The molecule has 0 aliphatic carbocycles. The van der Waals surface area contributed by atoms with Crippen LogP contribution in [0.1, 0.15) is 34.8 Å². The number of alkyl halides is 1. The van der Waals surface area contributed by atoms with Crippen molar-refractivity contribution in [1.29, 1.82) is 0 Å². The molecule has 2 aromatic heterocycles. The van der Waals surface area contributed by atoms with Gasteiger partial charge in [0.15, 0.2) is 0 Å². The Balaban J connectivity index is 1.65. The molecule has 9 heteroatoms. The van der Waals surface area contributed by atoms with E-state index in [1.807, 2.05) is 4.68 Å². The summed E-state index contributed by atoms with van der Waals surface area (Å²) in [7, 11) is 0. The van der Waals surface area contributed by atoms with Gasteiger partial charge >= 0.3 is 0 Å². The van der Waals surface area contributed by atoms with Gasteiger partial charge in [-0.2, -0.15) is 5.10 Å². The molecule has 5 rings (SSSR count). The van der Waals surface area contributed by atoms with Crippen LogP contribution in [0, 0.1) is 6.92 Å². The number of nitrogens with zero attached hydrogens (tertiary/aromatic N) is 3. The fraction of sp³-hybridized carbons (Fsp3) is 0.476. The number of fused-ring (bicyclic) bond motifs is 3. The second-order valence-corrected chi connectivity index (χ2v) is 8.16. The molecule has 1 aromatic carbocycles. The highest BCUT2D eigenvalue weighted by Crippen LogP contribution is 2.30. The van der Waals surface area contributed by atoms with Crippen molar-refractivity contribution in [2.45, 2.75) is 38.1 Å². The van der Waals surface area contributed by atoms with Crippen molar-refractivity contribution >= 4 is 27.7 Å². The van der Waals surface area contributed by atoms with E-state index in [-0.39, 0.29) is 30.5 Å². The Morgan fingerprint density at radius 2 is 2.17 bits per heavy atom. The average Bonchev–Trinajstić information content (AvgIpc) is 3.39. The minimum absolute atomic E-state index is 0.0313. The smallest absolute Gasteiger partial charge is 0.259 e. The third-order valence-corrected chi connectivity index (χ3v) is 6.18. The number of amides is 1.